The summed E-state index contributed by atoms with van der Waals surface area (Å²) in [5, 5.41) is 2.90. The van der Waals surface area contributed by atoms with Crippen molar-refractivity contribution in [1.82, 2.24) is 9.80 Å². The lowest BCUT2D eigenvalue weighted by Crippen LogP contribution is -2.44. The SMILES string of the molecule is CC(=O)N(CC(=O)Nc1ccc(N2CCN(C)CC2)cc1)Cc1cccc(C)c1. The molecule has 1 saturated heterocycles. The molecule has 1 aliphatic rings. The summed E-state index contributed by atoms with van der Waals surface area (Å²) in [4.78, 5) is 30.7. The summed E-state index contributed by atoms with van der Waals surface area (Å²) in [7, 11) is 2.14. The van der Waals surface area contributed by atoms with Gasteiger partial charge in [-0.2, -0.15) is 0 Å². The van der Waals surface area contributed by atoms with Gasteiger partial charge in [0.1, 0.15) is 6.54 Å². The topological polar surface area (TPSA) is 55.9 Å². The van der Waals surface area contributed by atoms with Gasteiger partial charge in [-0.15, -0.1) is 0 Å². The average molecular weight is 395 g/mol. The molecule has 1 heterocycles. The monoisotopic (exact) mass is 394 g/mol. The normalized spacial score (nSPS) is 14.5. The minimum atomic E-state index is -0.194. The lowest BCUT2D eigenvalue weighted by Gasteiger charge is -2.34. The van der Waals surface area contributed by atoms with Crippen LogP contribution in [-0.2, 0) is 16.1 Å². The van der Waals surface area contributed by atoms with Crippen LogP contribution in [0.4, 0.5) is 11.4 Å². The van der Waals surface area contributed by atoms with Crippen LogP contribution in [0.3, 0.4) is 0 Å². The summed E-state index contributed by atoms with van der Waals surface area (Å²) in [6, 6.07) is 15.9. The van der Waals surface area contributed by atoms with E-state index in [1.165, 1.54) is 12.6 Å². The predicted octanol–water partition coefficient (Wildman–Crippen LogP) is 2.73. The molecular weight excluding hydrogens is 364 g/mol. The molecule has 6 heteroatoms. The minimum absolute atomic E-state index is 0.0312. The summed E-state index contributed by atoms with van der Waals surface area (Å²) in [5.41, 5.74) is 4.06. The standard InChI is InChI=1S/C23H30N4O2/c1-18-5-4-6-20(15-18)16-27(19(2)28)17-23(29)24-21-7-9-22(10-8-21)26-13-11-25(3)12-14-26/h4-10,15H,11-14,16-17H2,1-3H3,(H,24,29). The molecule has 0 saturated carbocycles. The van der Waals surface area contributed by atoms with E-state index in [-0.39, 0.29) is 18.4 Å². The zero-order valence-electron chi connectivity index (χ0n) is 17.5. The quantitative estimate of drug-likeness (QED) is 0.819. The predicted molar refractivity (Wildman–Crippen MR) is 117 cm³/mol. The third kappa shape index (κ3) is 6.06. The van der Waals surface area contributed by atoms with E-state index in [4.69, 9.17) is 0 Å². The number of amides is 2. The number of piperazine rings is 1. The van der Waals surface area contributed by atoms with Crippen LogP contribution in [-0.4, -0.2) is 61.4 Å². The second kappa shape index (κ2) is 9.56. The van der Waals surface area contributed by atoms with E-state index in [2.05, 4.69) is 22.2 Å². The Hall–Kier alpha value is -2.86. The summed E-state index contributed by atoms with van der Waals surface area (Å²) >= 11 is 0. The maximum absolute atomic E-state index is 12.5. The van der Waals surface area contributed by atoms with Gasteiger partial charge in [-0.1, -0.05) is 29.8 Å². The van der Waals surface area contributed by atoms with E-state index < -0.39 is 0 Å². The van der Waals surface area contributed by atoms with Crippen LogP contribution in [0.2, 0.25) is 0 Å². The van der Waals surface area contributed by atoms with Gasteiger partial charge in [0.15, 0.2) is 0 Å². The molecule has 2 amide bonds. The number of anilines is 2. The number of carbonyl (C=O) groups excluding carboxylic acids is 2. The van der Waals surface area contributed by atoms with Crippen LogP contribution in [0.25, 0.3) is 0 Å². The van der Waals surface area contributed by atoms with Crippen molar-refractivity contribution in [3.8, 4) is 0 Å². The second-order valence-corrected chi connectivity index (χ2v) is 7.75. The average Bonchev–Trinajstić information content (AvgIpc) is 2.69. The van der Waals surface area contributed by atoms with Crippen molar-refractivity contribution in [1.29, 1.82) is 0 Å². The van der Waals surface area contributed by atoms with E-state index in [0.29, 0.717) is 6.54 Å². The van der Waals surface area contributed by atoms with Crippen LogP contribution in [0, 0.1) is 6.92 Å². The van der Waals surface area contributed by atoms with Crippen LogP contribution >= 0.6 is 0 Å². The summed E-state index contributed by atoms with van der Waals surface area (Å²) in [5.74, 6) is -0.313. The summed E-state index contributed by atoms with van der Waals surface area (Å²) in [6.07, 6.45) is 0. The number of aryl methyl sites for hydroxylation is 1. The first kappa shape index (κ1) is 20.9. The van der Waals surface area contributed by atoms with Gasteiger partial charge in [0.05, 0.1) is 0 Å². The van der Waals surface area contributed by atoms with Gasteiger partial charge >= 0.3 is 0 Å². The van der Waals surface area contributed by atoms with Gasteiger partial charge in [-0.25, -0.2) is 0 Å². The van der Waals surface area contributed by atoms with E-state index in [1.807, 2.05) is 55.5 Å². The highest BCUT2D eigenvalue weighted by Gasteiger charge is 2.16. The number of nitrogens with zero attached hydrogens (tertiary/aromatic N) is 3. The molecule has 0 bridgehead atoms. The summed E-state index contributed by atoms with van der Waals surface area (Å²) in [6.45, 7) is 8.09. The Labute approximate surface area is 173 Å². The van der Waals surface area contributed by atoms with E-state index in [0.717, 1.165) is 43.0 Å². The number of likely N-dealkylation sites (N-methyl/N-ethyl adjacent to an activating group) is 1. The zero-order valence-corrected chi connectivity index (χ0v) is 17.5. The molecule has 2 aromatic rings. The molecular formula is C23H30N4O2. The molecule has 1 N–H and O–H groups in total. The van der Waals surface area contributed by atoms with E-state index >= 15 is 0 Å². The minimum Gasteiger partial charge on any atom is -0.369 e. The van der Waals surface area contributed by atoms with E-state index in [9.17, 15) is 9.59 Å². The van der Waals surface area contributed by atoms with Gasteiger partial charge < -0.3 is 20.0 Å². The Bertz CT molecular complexity index is 842. The Balaban J connectivity index is 1.56. The maximum Gasteiger partial charge on any atom is 0.244 e. The molecule has 0 aliphatic carbocycles. The van der Waals surface area contributed by atoms with Crippen LogP contribution in [0.15, 0.2) is 48.5 Å². The van der Waals surface area contributed by atoms with Crippen molar-refractivity contribution in [3.63, 3.8) is 0 Å². The number of rotatable bonds is 6. The Morgan fingerprint density at radius 3 is 2.34 bits per heavy atom. The van der Waals surface area contributed by atoms with Crippen LogP contribution in [0.5, 0.6) is 0 Å². The second-order valence-electron chi connectivity index (χ2n) is 7.75. The summed E-state index contributed by atoms with van der Waals surface area (Å²) < 4.78 is 0. The van der Waals surface area contributed by atoms with Crippen molar-refractivity contribution in [2.24, 2.45) is 0 Å². The fraction of sp³-hybridized carbons (Fsp3) is 0.391. The van der Waals surface area contributed by atoms with Crippen LogP contribution in [0.1, 0.15) is 18.1 Å². The number of hydrogen-bond acceptors (Lipinski definition) is 4. The van der Waals surface area contributed by atoms with Gasteiger partial charge in [0.2, 0.25) is 11.8 Å². The molecule has 2 aromatic carbocycles. The largest absolute Gasteiger partial charge is 0.369 e. The highest BCUT2D eigenvalue weighted by Crippen LogP contribution is 2.19. The molecule has 6 nitrogen and oxygen atoms in total. The highest BCUT2D eigenvalue weighted by atomic mass is 16.2. The Morgan fingerprint density at radius 2 is 1.72 bits per heavy atom. The third-order valence-electron chi connectivity index (χ3n) is 5.26. The smallest absolute Gasteiger partial charge is 0.244 e. The maximum atomic E-state index is 12.5. The Kier molecular flexibility index (Phi) is 6.88. The van der Waals surface area contributed by atoms with Gasteiger partial charge in [0.25, 0.3) is 0 Å². The molecule has 0 unspecified atom stereocenters. The molecule has 1 aliphatic heterocycles. The Morgan fingerprint density at radius 1 is 1.03 bits per heavy atom. The lowest BCUT2D eigenvalue weighted by atomic mass is 10.1. The van der Waals surface area contributed by atoms with Crippen molar-refractivity contribution in [3.05, 3.63) is 59.7 Å². The van der Waals surface area contributed by atoms with Gasteiger partial charge in [0, 0.05) is 51.0 Å². The first-order chi connectivity index (χ1) is 13.9. The molecule has 29 heavy (non-hydrogen) atoms. The van der Waals surface area contributed by atoms with Crippen molar-refractivity contribution in [2.45, 2.75) is 20.4 Å². The fourth-order valence-electron chi connectivity index (χ4n) is 3.50. The molecule has 0 spiro atoms. The highest BCUT2D eigenvalue weighted by molar-refractivity contribution is 5.94. The van der Waals surface area contributed by atoms with Gasteiger partial charge in [-0.3, -0.25) is 9.59 Å². The molecule has 0 atom stereocenters. The number of carbonyl (C=O) groups is 2. The first-order valence-corrected chi connectivity index (χ1v) is 10.0. The van der Waals surface area contributed by atoms with Gasteiger partial charge in [-0.05, 0) is 43.8 Å². The number of nitrogens with one attached hydrogen (secondary N) is 1. The lowest BCUT2D eigenvalue weighted by molar-refractivity contribution is -0.133. The van der Waals surface area contributed by atoms with Crippen molar-refractivity contribution >= 4 is 23.2 Å². The van der Waals surface area contributed by atoms with Crippen molar-refractivity contribution in [2.75, 3.05) is 50.0 Å². The third-order valence-corrected chi connectivity index (χ3v) is 5.26. The molecule has 3 rings (SSSR count). The van der Waals surface area contributed by atoms with E-state index in [1.54, 1.807) is 4.90 Å². The fourth-order valence-corrected chi connectivity index (χ4v) is 3.50. The zero-order chi connectivity index (χ0) is 20.8. The molecule has 0 radical (unpaired) electrons. The molecule has 154 valence electrons. The first-order valence-electron chi connectivity index (χ1n) is 10.0. The van der Waals surface area contributed by atoms with Crippen LogP contribution < -0.4 is 10.2 Å². The van der Waals surface area contributed by atoms with Crippen molar-refractivity contribution < 1.29 is 9.59 Å². The number of benzene rings is 2. The number of hydrogen-bond donors (Lipinski definition) is 1. The molecule has 0 aromatic heterocycles. The molecule has 1 fully saturated rings.